The molecule has 1 aromatic rings. The number of halogens is 1. The molecule has 0 saturated carbocycles. The molecule has 3 N–H and O–H groups in total. The number of hydrogen-bond acceptors (Lipinski definition) is 3. The number of rotatable bonds is 7. The summed E-state index contributed by atoms with van der Waals surface area (Å²) >= 11 is 0. The Labute approximate surface area is 163 Å². The Hall–Kier alpha value is -0.860. The van der Waals surface area contributed by atoms with Gasteiger partial charge >= 0.3 is 0 Å². The summed E-state index contributed by atoms with van der Waals surface area (Å²) in [5.74, 6) is 0.475. The summed E-state index contributed by atoms with van der Waals surface area (Å²) in [7, 11) is 1.67. The van der Waals surface area contributed by atoms with Gasteiger partial charge in [-0.1, -0.05) is 30.7 Å². The van der Waals surface area contributed by atoms with Crippen LogP contribution < -0.4 is 11.1 Å². The van der Waals surface area contributed by atoms with Crippen LogP contribution in [0.15, 0.2) is 29.3 Å². The minimum absolute atomic E-state index is 0. The molecule has 0 bridgehead atoms. The first-order valence-corrected chi connectivity index (χ1v) is 8.54. The summed E-state index contributed by atoms with van der Waals surface area (Å²) in [6.45, 7) is 6.45. The number of aliphatic imine (C=N–C) groups is 1. The number of methoxy groups -OCH3 is 1. The number of nitrogens with one attached hydrogen (secondary N) is 1. The third-order valence-electron chi connectivity index (χ3n) is 4.46. The highest BCUT2D eigenvalue weighted by molar-refractivity contribution is 14.0. The summed E-state index contributed by atoms with van der Waals surface area (Å²) in [5.41, 5.74) is 8.50. The normalized spacial score (nSPS) is 18.9. The number of nitrogens with zero attached hydrogens (tertiary/aromatic N) is 2. The molecule has 136 valence electrons. The molecule has 2 rings (SSSR count). The standard InChI is InChI=1S/C18H30N4O.HI/c1-15-7-5-6-11-22(15)14-17-9-4-3-8-16(17)13-21-18(19)20-10-12-23-2;/h3-4,8-9,15H,5-7,10-14H2,1-2H3,(H3,19,20,21);1H. The van der Waals surface area contributed by atoms with Crippen LogP contribution in [0.3, 0.4) is 0 Å². The van der Waals surface area contributed by atoms with Gasteiger partial charge in [-0.15, -0.1) is 24.0 Å². The number of nitrogens with two attached hydrogens (primary N) is 1. The van der Waals surface area contributed by atoms with Crippen molar-refractivity contribution in [2.24, 2.45) is 10.7 Å². The zero-order chi connectivity index (χ0) is 16.5. The summed E-state index contributed by atoms with van der Waals surface area (Å²) in [6, 6.07) is 9.21. The highest BCUT2D eigenvalue weighted by Gasteiger charge is 2.18. The molecule has 0 aromatic heterocycles. The fourth-order valence-corrected chi connectivity index (χ4v) is 2.98. The van der Waals surface area contributed by atoms with E-state index in [4.69, 9.17) is 10.5 Å². The van der Waals surface area contributed by atoms with Crippen molar-refractivity contribution in [2.45, 2.75) is 45.3 Å². The molecule has 5 nitrogen and oxygen atoms in total. The van der Waals surface area contributed by atoms with Gasteiger partial charge in [0.05, 0.1) is 13.2 Å². The van der Waals surface area contributed by atoms with Crippen molar-refractivity contribution in [1.82, 2.24) is 10.2 Å². The molecule has 1 aliphatic heterocycles. The first kappa shape index (κ1) is 21.2. The van der Waals surface area contributed by atoms with Crippen molar-refractivity contribution in [2.75, 3.05) is 26.8 Å². The van der Waals surface area contributed by atoms with Crippen LogP contribution in [0.25, 0.3) is 0 Å². The zero-order valence-electron chi connectivity index (χ0n) is 14.8. The van der Waals surface area contributed by atoms with Gasteiger partial charge in [0, 0.05) is 26.2 Å². The van der Waals surface area contributed by atoms with Crippen molar-refractivity contribution in [3.8, 4) is 0 Å². The molecule has 1 fully saturated rings. The second-order valence-electron chi connectivity index (χ2n) is 6.21. The van der Waals surface area contributed by atoms with E-state index >= 15 is 0 Å². The fraction of sp³-hybridized carbons (Fsp3) is 0.611. The lowest BCUT2D eigenvalue weighted by Gasteiger charge is -2.33. The molecule has 1 saturated heterocycles. The van der Waals surface area contributed by atoms with Gasteiger partial charge in [0.2, 0.25) is 0 Å². The van der Waals surface area contributed by atoms with Crippen molar-refractivity contribution in [3.63, 3.8) is 0 Å². The van der Waals surface area contributed by atoms with Crippen LogP contribution in [-0.4, -0.2) is 43.7 Å². The molecule has 1 atom stereocenters. The van der Waals surface area contributed by atoms with E-state index in [0.29, 0.717) is 31.7 Å². The van der Waals surface area contributed by atoms with Crippen molar-refractivity contribution < 1.29 is 4.74 Å². The number of piperidine rings is 1. The van der Waals surface area contributed by atoms with Crippen LogP contribution in [0.5, 0.6) is 0 Å². The molecule has 1 aliphatic rings. The maximum Gasteiger partial charge on any atom is 0.188 e. The van der Waals surface area contributed by atoms with Crippen molar-refractivity contribution in [3.05, 3.63) is 35.4 Å². The summed E-state index contributed by atoms with van der Waals surface area (Å²) < 4.78 is 4.99. The van der Waals surface area contributed by atoms with Gasteiger partial charge in [-0.25, -0.2) is 4.99 Å². The topological polar surface area (TPSA) is 62.9 Å². The maximum absolute atomic E-state index is 5.89. The average Bonchev–Trinajstić information content (AvgIpc) is 2.56. The number of guanidine groups is 1. The molecule has 0 amide bonds. The number of ether oxygens (including phenoxy) is 1. The molecule has 6 heteroatoms. The Morgan fingerprint density at radius 2 is 2.08 bits per heavy atom. The Kier molecular flexibility index (Phi) is 10.3. The predicted octanol–water partition coefficient (Wildman–Crippen LogP) is 2.73. The van der Waals surface area contributed by atoms with E-state index in [1.807, 2.05) is 0 Å². The van der Waals surface area contributed by atoms with Crippen LogP contribution >= 0.6 is 24.0 Å². The van der Waals surface area contributed by atoms with E-state index < -0.39 is 0 Å². The van der Waals surface area contributed by atoms with E-state index in [0.717, 1.165) is 6.54 Å². The second-order valence-corrected chi connectivity index (χ2v) is 6.21. The first-order chi connectivity index (χ1) is 11.2. The van der Waals surface area contributed by atoms with Gasteiger partial charge < -0.3 is 15.8 Å². The van der Waals surface area contributed by atoms with Gasteiger partial charge in [0.25, 0.3) is 0 Å². The third kappa shape index (κ3) is 6.94. The van der Waals surface area contributed by atoms with Gasteiger partial charge in [-0.3, -0.25) is 4.90 Å². The molecule has 0 radical (unpaired) electrons. The maximum atomic E-state index is 5.89. The quantitative estimate of drug-likeness (QED) is 0.293. The monoisotopic (exact) mass is 446 g/mol. The van der Waals surface area contributed by atoms with Gasteiger partial charge in [0.15, 0.2) is 5.96 Å². The molecular weight excluding hydrogens is 415 g/mol. The lowest BCUT2D eigenvalue weighted by atomic mass is 10.0. The summed E-state index contributed by atoms with van der Waals surface area (Å²) in [4.78, 5) is 7.02. The Morgan fingerprint density at radius 1 is 1.33 bits per heavy atom. The van der Waals surface area contributed by atoms with E-state index in [-0.39, 0.29) is 24.0 Å². The highest BCUT2D eigenvalue weighted by atomic mass is 127. The lowest BCUT2D eigenvalue weighted by Crippen LogP contribution is -2.37. The average molecular weight is 446 g/mol. The second kappa shape index (κ2) is 11.7. The Morgan fingerprint density at radius 3 is 2.79 bits per heavy atom. The van der Waals surface area contributed by atoms with Crippen molar-refractivity contribution in [1.29, 1.82) is 0 Å². The van der Waals surface area contributed by atoms with E-state index in [2.05, 4.69) is 46.4 Å². The number of likely N-dealkylation sites (tertiary alicyclic amines) is 1. The third-order valence-corrected chi connectivity index (χ3v) is 4.46. The first-order valence-electron chi connectivity index (χ1n) is 8.54. The minimum Gasteiger partial charge on any atom is -0.383 e. The van der Waals surface area contributed by atoms with E-state index in [1.54, 1.807) is 7.11 Å². The highest BCUT2D eigenvalue weighted by Crippen LogP contribution is 2.21. The number of hydrogen-bond donors (Lipinski definition) is 2. The van der Waals surface area contributed by atoms with Crippen LogP contribution in [0.1, 0.15) is 37.3 Å². The Bertz CT molecular complexity index is 510. The molecule has 1 heterocycles. The van der Waals surface area contributed by atoms with Crippen molar-refractivity contribution >= 4 is 29.9 Å². The molecule has 24 heavy (non-hydrogen) atoms. The largest absolute Gasteiger partial charge is 0.383 e. The van der Waals surface area contributed by atoms with Gasteiger partial charge in [-0.05, 0) is 37.4 Å². The van der Waals surface area contributed by atoms with Gasteiger partial charge in [0.1, 0.15) is 0 Å². The fourth-order valence-electron chi connectivity index (χ4n) is 2.98. The summed E-state index contributed by atoms with van der Waals surface area (Å²) in [6.07, 6.45) is 3.96. The van der Waals surface area contributed by atoms with Crippen LogP contribution in [0, 0.1) is 0 Å². The smallest absolute Gasteiger partial charge is 0.188 e. The Balaban J connectivity index is 0.00000288. The van der Waals surface area contributed by atoms with E-state index in [9.17, 15) is 0 Å². The molecule has 0 spiro atoms. The number of benzene rings is 1. The van der Waals surface area contributed by atoms with E-state index in [1.165, 1.54) is 36.9 Å². The molecular formula is C18H31IN4O. The lowest BCUT2D eigenvalue weighted by molar-refractivity contribution is 0.152. The molecule has 1 unspecified atom stereocenters. The van der Waals surface area contributed by atoms with Crippen LogP contribution in [-0.2, 0) is 17.8 Å². The zero-order valence-corrected chi connectivity index (χ0v) is 17.2. The van der Waals surface area contributed by atoms with Crippen LogP contribution in [0.4, 0.5) is 0 Å². The molecule has 0 aliphatic carbocycles. The minimum atomic E-state index is 0. The SMILES string of the molecule is COCCNC(N)=NCc1ccccc1CN1CCCCC1C.I. The summed E-state index contributed by atoms with van der Waals surface area (Å²) in [5, 5.41) is 3.05. The van der Waals surface area contributed by atoms with Gasteiger partial charge in [-0.2, -0.15) is 0 Å². The van der Waals surface area contributed by atoms with Crippen LogP contribution in [0.2, 0.25) is 0 Å². The predicted molar refractivity (Wildman–Crippen MR) is 111 cm³/mol. The molecule has 1 aromatic carbocycles.